The van der Waals surface area contributed by atoms with Gasteiger partial charge in [0.1, 0.15) is 11.6 Å². The van der Waals surface area contributed by atoms with Gasteiger partial charge in [-0.1, -0.05) is 121 Å². The summed E-state index contributed by atoms with van der Waals surface area (Å²) in [5.74, 6) is 0.165. The Hall–Kier alpha value is -6.79. The van der Waals surface area contributed by atoms with E-state index in [2.05, 4.69) is 60.0 Å². The van der Waals surface area contributed by atoms with Gasteiger partial charge in [0.25, 0.3) is 0 Å². The van der Waals surface area contributed by atoms with Crippen molar-refractivity contribution < 1.29 is 8.78 Å². The van der Waals surface area contributed by atoms with E-state index in [0.29, 0.717) is 28.6 Å². The Morgan fingerprint density at radius 3 is 1.73 bits per heavy atom. The molecule has 52 heavy (non-hydrogen) atoms. The maximum absolute atomic E-state index is 15.4. The van der Waals surface area contributed by atoms with Crippen molar-refractivity contribution in [1.29, 1.82) is 0 Å². The van der Waals surface area contributed by atoms with Crippen LogP contribution in [0.5, 0.6) is 0 Å². The van der Waals surface area contributed by atoms with Crippen LogP contribution in [0.2, 0.25) is 0 Å². The number of para-hydroxylation sites is 1. The van der Waals surface area contributed by atoms with E-state index in [-0.39, 0.29) is 5.56 Å². The molecule has 9 aromatic rings. The molecule has 0 aliphatic rings. The first kappa shape index (κ1) is 31.2. The minimum Gasteiger partial charge on any atom is -0.308 e. The summed E-state index contributed by atoms with van der Waals surface area (Å²) in [6.07, 6.45) is 0. The van der Waals surface area contributed by atoms with E-state index in [1.807, 2.05) is 97.1 Å². The first-order chi connectivity index (χ1) is 25.5. The number of halogens is 2. The topological polar surface area (TPSA) is 43.6 Å². The van der Waals surface area contributed by atoms with Crippen molar-refractivity contribution in [2.24, 2.45) is 0 Å². The van der Waals surface area contributed by atoms with Gasteiger partial charge in [-0.2, -0.15) is 0 Å². The summed E-state index contributed by atoms with van der Waals surface area (Å²) in [4.78, 5) is 15.1. The summed E-state index contributed by atoms with van der Waals surface area (Å²) < 4.78 is 31.7. The summed E-state index contributed by atoms with van der Waals surface area (Å²) in [6, 6.07) is 52.3. The molecule has 0 bridgehead atoms. The van der Waals surface area contributed by atoms with E-state index in [0.717, 1.165) is 55.8 Å². The minimum atomic E-state index is -0.649. The quantitative estimate of drug-likeness (QED) is 0.176. The molecule has 0 aliphatic carbocycles. The molecule has 0 amide bonds. The predicted octanol–water partition coefficient (Wildman–Crippen LogP) is 11.9. The SMILES string of the molecule is Cc1ccccc1-c1ccc2c3ccccc3n(-c3ccc(-c4ccc(F)cc4F)cc3-c3nc(-c4ccccc4)nc(-c4ccccc4)n3)c2c1. The highest BCUT2D eigenvalue weighted by molar-refractivity contribution is 6.10. The Kier molecular flexibility index (Phi) is 7.70. The zero-order valence-electron chi connectivity index (χ0n) is 28.1. The highest BCUT2D eigenvalue weighted by Crippen LogP contribution is 2.40. The molecule has 6 heteroatoms. The lowest BCUT2D eigenvalue weighted by Crippen LogP contribution is -2.04. The molecule has 0 N–H and O–H groups in total. The van der Waals surface area contributed by atoms with Gasteiger partial charge in [-0.25, -0.2) is 23.7 Å². The molecule has 0 saturated carbocycles. The lowest BCUT2D eigenvalue weighted by Gasteiger charge is -2.17. The smallest absolute Gasteiger partial charge is 0.166 e. The molecule has 2 aromatic heterocycles. The largest absolute Gasteiger partial charge is 0.308 e. The lowest BCUT2D eigenvalue weighted by molar-refractivity contribution is 0.585. The van der Waals surface area contributed by atoms with Gasteiger partial charge in [0.05, 0.1) is 16.7 Å². The van der Waals surface area contributed by atoms with Crippen molar-refractivity contribution in [3.8, 4) is 62.1 Å². The van der Waals surface area contributed by atoms with Gasteiger partial charge >= 0.3 is 0 Å². The van der Waals surface area contributed by atoms with Crippen LogP contribution in [0, 0.1) is 18.6 Å². The number of hydrogen-bond acceptors (Lipinski definition) is 3. The average molecular weight is 677 g/mol. The van der Waals surface area contributed by atoms with E-state index in [1.165, 1.54) is 17.7 Å². The Balaban J connectivity index is 1.37. The summed E-state index contributed by atoms with van der Waals surface area (Å²) in [5.41, 5.74) is 9.44. The van der Waals surface area contributed by atoms with E-state index in [9.17, 15) is 4.39 Å². The molecule has 248 valence electrons. The Labute approximate surface area is 299 Å². The second-order valence-electron chi connectivity index (χ2n) is 12.8. The summed E-state index contributed by atoms with van der Waals surface area (Å²) in [6.45, 7) is 2.12. The number of aryl methyl sites for hydroxylation is 1. The van der Waals surface area contributed by atoms with Gasteiger partial charge in [0.15, 0.2) is 17.5 Å². The fourth-order valence-electron chi connectivity index (χ4n) is 7.02. The van der Waals surface area contributed by atoms with Crippen LogP contribution in [-0.2, 0) is 0 Å². The third kappa shape index (κ3) is 5.51. The minimum absolute atomic E-state index is 0.277. The van der Waals surface area contributed by atoms with Crippen LogP contribution in [0.1, 0.15) is 5.56 Å². The highest BCUT2D eigenvalue weighted by atomic mass is 19.1. The first-order valence-electron chi connectivity index (χ1n) is 17.1. The molecule has 0 radical (unpaired) electrons. The summed E-state index contributed by atoms with van der Waals surface area (Å²) in [5, 5.41) is 2.19. The van der Waals surface area contributed by atoms with Crippen molar-refractivity contribution in [2.45, 2.75) is 6.92 Å². The van der Waals surface area contributed by atoms with Crippen LogP contribution in [0.25, 0.3) is 83.9 Å². The van der Waals surface area contributed by atoms with E-state index >= 15 is 4.39 Å². The molecule has 0 aliphatic heterocycles. The van der Waals surface area contributed by atoms with Crippen LogP contribution in [-0.4, -0.2) is 19.5 Å². The number of nitrogens with zero attached hydrogens (tertiary/aromatic N) is 4. The third-order valence-electron chi connectivity index (χ3n) is 9.55. The molecule has 9 rings (SSSR count). The molecular weight excluding hydrogens is 647 g/mol. The number of hydrogen-bond donors (Lipinski definition) is 0. The molecule has 0 spiro atoms. The van der Waals surface area contributed by atoms with Crippen LogP contribution in [0.3, 0.4) is 0 Å². The summed E-state index contributed by atoms with van der Waals surface area (Å²) in [7, 11) is 0. The fraction of sp³-hybridized carbons (Fsp3) is 0.0217. The van der Waals surface area contributed by atoms with Crippen molar-refractivity contribution in [3.05, 3.63) is 181 Å². The van der Waals surface area contributed by atoms with Crippen molar-refractivity contribution in [3.63, 3.8) is 0 Å². The van der Waals surface area contributed by atoms with Crippen molar-refractivity contribution >= 4 is 21.8 Å². The molecule has 0 saturated heterocycles. The molecule has 7 aromatic carbocycles. The number of fused-ring (bicyclic) bond motifs is 3. The van der Waals surface area contributed by atoms with Crippen LogP contribution < -0.4 is 0 Å². The second-order valence-corrected chi connectivity index (χ2v) is 12.8. The zero-order valence-corrected chi connectivity index (χ0v) is 28.1. The van der Waals surface area contributed by atoms with Gasteiger partial charge < -0.3 is 4.57 Å². The maximum atomic E-state index is 15.4. The normalized spacial score (nSPS) is 11.4. The second kappa shape index (κ2) is 12.8. The molecule has 0 fully saturated rings. The van der Waals surface area contributed by atoms with Gasteiger partial charge in [0, 0.05) is 39.1 Å². The Bertz CT molecular complexity index is 2720. The third-order valence-corrected chi connectivity index (χ3v) is 9.55. The molecule has 0 unspecified atom stereocenters. The van der Waals surface area contributed by atoms with Gasteiger partial charge in [0.2, 0.25) is 0 Å². The Morgan fingerprint density at radius 1 is 0.423 bits per heavy atom. The average Bonchev–Trinajstić information content (AvgIpc) is 3.52. The number of aromatic nitrogens is 4. The monoisotopic (exact) mass is 676 g/mol. The van der Waals surface area contributed by atoms with Crippen molar-refractivity contribution in [2.75, 3.05) is 0 Å². The summed E-state index contributed by atoms with van der Waals surface area (Å²) >= 11 is 0. The van der Waals surface area contributed by atoms with E-state index in [4.69, 9.17) is 15.0 Å². The van der Waals surface area contributed by atoms with Crippen molar-refractivity contribution in [1.82, 2.24) is 19.5 Å². The highest BCUT2D eigenvalue weighted by Gasteiger charge is 2.21. The van der Waals surface area contributed by atoms with Gasteiger partial charge in [-0.15, -0.1) is 0 Å². The predicted molar refractivity (Wildman–Crippen MR) is 206 cm³/mol. The number of benzene rings is 7. The zero-order chi connectivity index (χ0) is 35.2. The molecule has 0 atom stereocenters. The first-order valence-corrected chi connectivity index (χ1v) is 17.1. The fourth-order valence-corrected chi connectivity index (χ4v) is 7.02. The van der Waals surface area contributed by atoms with Crippen LogP contribution in [0.15, 0.2) is 164 Å². The van der Waals surface area contributed by atoms with Crippen LogP contribution >= 0.6 is 0 Å². The standard InChI is InChI=1S/C46H30F2N4/c1-29-12-8-9-17-35(29)33-20-23-38-37-18-10-11-19-41(37)52(43(38)27-33)42-25-21-32(36-24-22-34(47)28-40(36)48)26-39(42)46-50-44(30-13-4-2-5-14-30)49-45(51-46)31-15-6-3-7-16-31/h2-28H,1H3. The van der Waals surface area contributed by atoms with E-state index in [1.54, 1.807) is 0 Å². The van der Waals surface area contributed by atoms with Gasteiger partial charge in [-0.05, 0) is 65.6 Å². The maximum Gasteiger partial charge on any atom is 0.166 e. The van der Waals surface area contributed by atoms with Crippen LogP contribution in [0.4, 0.5) is 8.78 Å². The Morgan fingerprint density at radius 2 is 1.02 bits per heavy atom. The van der Waals surface area contributed by atoms with E-state index < -0.39 is 11.6 Å². The number of rotatable bonds is 6. The molecular formula is C46H30F2N4. The van der Waals surface area contributed by atoms with Gasteiger partial charge in [-0.3, -0.25) is 0 Å². The molecule has 4 nitrogen and oxygen atoms in total. The molecule has 2 heterocycles. The lowest BCUT2D eigenvalue weighted by atomic mass is 9.99.